The highest BCUT2D eigenvalue weighted by atomic mass is 35.5. The lowest BCUT2D eigenvalue weighted by Crippen LogP contribution is -2.51. The van der Waals surface area contributed by atoms with E-state index in [4.69, 9.17) is 16.7 Å². The number of halogens is 1. The van der Waals surface area contributed by atoms with Gasteiger partial charge in [0.05, 0.1) is 6.42 Å². The monoisotopic (exact) mass is 336 g/mol. The van der Waals surface area contributed by atoms with Gasteiger partial charge in [-0.15, -0.1) is 0 Å². The minimum absolute atomic E-state index is 0.0494. The molecule has 0 bridgehead atoms. The summed E-state index contributed by atoms with van der Waals surface area (Å²) in [5.41, 5.74) is 0.0492. The van der Waals surface area contributed by atoms with E-state index >= 15 is 0 Å². The summed E-state index contributed by atoms with van der Waals surface area (Å²) in [4.78, 5) is 28.1. The number of aromatic nitrogens is 1. The van der Waals surface area contributed by atoms with Crippen molar-refractivity contribution in [1.29, 1.82) is 0 Å². The molecule has 3 rings (SSSR count). The lowest BCUT2D eigenvalue weighted by Gasteiger charge is -2.35. The van der Waals surface area contributed by atoms with Crippen LogP contribution in [0.2, 0.25) is 5.02 Å². The van der Waals surface area contributed by atoms with Crippen molar-refractivity contribution in [2.24, 2.45) is 0 Å². The van der Waals surface area contributed by atoms with E-state index in [9.17, 15) is 14.7 Å². The number of aliphatic hydroxyl groups is 1. The zero-order valence-corrected chi connectivity index (χ0v) is 13.1. The highest BCUT2D eigenvalue weighted by molar-refractivity contribution is 6.31. The van der Waals surface area contributed by atoms with Gasteiger partial charge in [-0.3, -0.25) is 4.79 Å². The number of carbonyl (C=O) groups is 2. The average Bonchev–Trinajstić information content (AvgIpc) is 2.90. The molecular weight excluding hydrogens is 320 g/mol. The summed E-state index contributed by atoms with van der Waals surface area (Å²) in [6.07, 6.45) is 2.10. The maximum atomic E-state index is 12.4. The van der Waals surface area contributed by atoms with Gasteiger partial charge in [-0.05, 0) is 23.8 Å². The van der Waals surface area contributed by atoms with Gasteiger partial charge in [0.2, 0.25) is 5.91 Å². The molecule has 0 unspecified atom stereocenters. The van der Waals surface area contributed by atoms with Crippen molar-refractivity contribution in [2.45, 2.75) is 24.9 Å². The average molecular weight is 337 g/mol. The van der Waals surface area contributed by atoms with E-state index in [-0.39, 0.29) is 38.3 Å². The molecule has 0 radical (unpaired) electrons. The molecule has 0 aliphatic carbocycles. The van der Waals surface area contributed by atoms with Crippen LogP contribution in [0.4, 0.5) is 0 Å². The molecule has 6 nitrogen and oxygen atoms in total. The van der Waals surface area contributed by atoms with Crippen molar-refractivity contribution in [1.82, 2.24) is 9.88 Å². The largest absolute Gasteiger partial charge is 0.479 e. The highest BCUT2D eigenvalue weighted by Gasteiger charge is 2.40. The van der Waals surface area contributed by atoms with Gasteiger partial charge in [0.15, 0.2) is 5.60 Å². The molecule has 2 aromatic rings. The molecule has 1 fully saturated rings. The fraction of sp³-hybridized carbons (Fsp3) is 0.375. The van der Waals surface area contributed by atoms with Crippen LogP contribution < -0.4 is 0 Å². The van der Waals surface area contributed by atoms with Crippen molar-refractivity contribution in [3.63, 3.8) is 0 Å². The van der Waals surface area contributed by atoms with Crippen LogP contribution in [-0.4, -0.2) is 50.7 Å². The van der Waals surface area contributed by atoms with Crippen LogP contribution in [0.3, 0.4) is 0 Å². The molecule has 7 heteroatoms. The van der Waals surface area contributed by atoms with Gasteiger partial charge in [0, 0.05) is 48.1 Å². The van der Waals surface area contributed by atoms with E-state index in [0.717, 1.165) is 16.5 Å². The molecule has 0 atom stereocenters. The number of rotatable bonds is 3. The summed E-state index contributed by atoms with van der Waals surface area (Å²) in [7, 11) is 0. The SMILES string of the molecule is O=C(Cc1c[nH]c2ccc(Cl)cc12)N1CCC(O)(C(=O)O)CC1. The van der Waals surface area contributed by atoms with Crippen molar-refractivity contribution in [3.05, 3.63) is 35.0 Å². The molecule has 1 aliphatic heterocycles. The van der Waals surface area contributed by atoms with Crippen LogP contribution in [0.15, 0.2) is 24.4 Å². The molecule has 0 spiro atoms. The van der Waals surface area contributed by atoms with Gasteiger partial charge in [0.25, 0.3) is 0 Å². The van der Waals surface area contributed by atoms with Crippen LogP contribution in [-0.2, 0) is 16.0 Å². The Morgan fingerprint density at radius 2 is 2.00 bits per heavy atom. The third-order valence-electron chi connectivity index (χ3n) is 4.41. The number of carboxylic acids is 1. The summed E-state index contributed by atoms with van der Waals surface area (Å²) < 4.78 is 0. The number of hydrogen-bond donors (Lipinski definition) is 3. The number of piperidine rings is 1. The number of H-pyrrole nitrogens is 1. The molecular formula is C16H17ClN2O4. The molecule has 3 N–H and O–H groups in total. The second-order valence-electron chi connectivity index (χ2n) is 5.90. The first kappa shape index (κ1) is 15.8. The van der Waals surface area contributed by atoms with Crippen molar-refractivity contribution in [3.8, 4) is 0 Å². The third-order valence-corrected chi connectivity index (χ3v) is 4.65. The number of likely N-dealkylation sites (tertiary alicyclic amines) is 1. The Kier molecular flexibility index (Phi) is 4.04. The molecule has 1 saturated heterocycles. The summed E-state index contributed by atoms with van der Waals surface area (Å²) in [6, 6.07) is 5.46. The Balaban J connectivity index is 1.70. The number of aromatic amines is 1. The van der Waals surface area contributed by atoms with E-state index in [1.54, 1.807) is 17.2 Å². The van der Waals surface area contributed by atoms with Gasteiger partial charge in [0.1, 0.15) is 0 Å². The molecule has 1 aliphatic rings. The van der Waals surface area contributed by atoms with E-state index < -0.39 is 11.6 Å². The summed E-state index contributed by atoms with van der Waals surface area (Å²) in [5.74, 6) is -1.31. The quantitative estimate of drug-likeness (QED) is 0.796. The first-order valence-corrected chi connectivity index (χ1v) is 7.76. The standard InChI is InChI=1S/C16H17ClN2O4/c17-11-1-2-13-12(8-11)10(9-18-13)7-14(20)19-5-3-16(23,4-6-19)15(21)22/h1-2,8-9,18,23H,3-7H2,(H,21,22). The topological polar surface area (TPSA) is 93.6 Å². The fourth-order valence-corrected chi connectivity index (χ4v) is 3.08. The van der Waals surface area contributed by atoms with Gasteiger partial charge in [-0.2, -0.15) is 0 Å². The molecule has 1 aromatic carbocycles. The van der Waals surface area contributed by atoms with Crippen LogP contribution in [0.5, 0.6) is 0 Å². The minimum atomic E-state index is -1.72. The van der Waals surface area contributed by atoms with Crippen molar-refractivity contribution in [2.75, 3.05) is 13.1 Å². The normalized spacial score (nSPS) is 17.4. The van der Waals surface area contributed by atoms with E-state index in [0.29, 0.717) is 5.02 Å². The lowest BCUT2D eigenvalue weighted by molar-refractivity contribution is -0.165. The molecule has 122 valence electrons. The lowest BCUT2D eigenvalue weighted by atomic mass is 9.91. The fourth-order valence-electron chi connectivity index (χ4n) is 2.91. The molecule has 1 amide bonds. The Hall–Kier alpha value is -2.05. The van der Waals surface area contributed by atoms with Gasteiger partial charge in [-0.25, -0.2) is 4.79 Å². The first-order valence-electron chi connectivity index (χ1n) is 7.38. The smallest absolute Gasteiger partial charge is 0.335 e. The number of hydrogen-bond acceptors (Lipinski definition) is 3. The number of aliphatic carboxylic acids is 1. The number of nitrogens with zero attached hydrogens (tertiary/aromatic N) is 1. The van der Waals surface area contributed by atoms with E-state index in [2.05, 4.69) is 4.98 Å². The van der Waals surface area contributed by atoms with Crippen molar-refractivity contribution >= 4 is 34.4 Å². The number of benzene rings is 1. The Labute approximate surface area is 137 Å². The van der Waals surface area contributed by atoms with Crippen LogP contribution in [0.25, 0.3) is 10.9 Å². The number of nitrogens with one attached hydrogen (secondary N) is 1. The van der Waals surface area contributed by atoms with Gasteiger partial charge in [-0.1, -0.05) is 11.6 Å². The molecule has 23 heavy (non-hydrogen) atoms. The molecule has 2 heterocycles. The number of carboxylic acid groups (broad SMARTS) is 1. The van der Waals surface area contributed by atoms with Crippen LogP contribution in [0, 0.1) is 0 Å². The van der Waals surface area contributed by atoms with E-state index in [1.807, 2.05) is 12.1 Å². The maximum Gasteiger partial charge on any atom is 0.335 e. The summed E-state index contributed by atoms with van der Waals surface area (Å²) in [5, 5.41) is 20.4. The maximum absolute atomic E-state index is 12.4. The molecule has 1 aromatic heterocycles. The predicted octanol–water partition coefficient (Wildman–Crippen LogP) is 1.80. The second-order valence-corrected chi connectivity index (χ2v) is 6.33. The second kappa shape index (κ2) is 5.86. The van der Waals surface area contributed by atoms with Gasteiger partial charge >= 0.3 is 5.97 Å². The Bertz CT molecular complexity index is 763. The van der Waals surface area contributed by atoms with Crippen LogP contribution >= 0.6 is 11.6 Å². The number of carbonyl (C=O) groups excluding carboxylic acids is 1. The number of fused-ring (bicyclic) bond motifs is 1. The highest BCUT2D eigenvalue weighted by Crippen LogP contribution is 2.25. The zero-order chi connectivity index (χ0) is 16.6. The Morgan fingerprint density at radius 3 is 2.65 bits per heavy atom. The Morgan fingerprint density at radius 1 is 1.30 bits per heavy atom. The van der Waals surface area contributed by atoms with E-state index in [1.165, 1.54) is 0 Å². The summed E-state index contributed by atoms with van der Waals surface area (Å²) >= 11 is 6.00. The third kappa shape index (κ3) is 3.04. The zero-order valence-electron chi connectivity index (χ0n) is 12.4. The van der Waals surface area contributed by atoms with Crippen LogP contribution in [0.1, 0.15) is 18.4 Å². The number of amides is 1. The molecule has 0 saturated carbocycles. The minimum Gasteiger partial charge on any atom is -0.479 e. The first-order chi connectivity index (χ1) is 10.9. The summed E-state index contributed by atoms with van der Waals surface area (Å²) in [6.45, 7) is 0.482. The van der Waals surface area contributed by atoms with Crippen molar-refractivity contribution < 1.29 is 19.8 Å². The van der Waals surface area contributed by atoms with Gasteiger partial charge < -0.3 is 20.1 Å². The predicted molar refractivity (Wildman–Crippen MR) is 85.4 cm³/mol.